The van der Waals surface area contributed by atoms with Crippen LogP contribution in [0.25, 0.3) is 11.0 Å². The second-order valence-electron chi connectivity index (χ2n) is 8.23. The molecule has 2 bridgehead atoms. The molecule has 4 unspecified atom stereocenters. The molecule has 1 spiro atoms. The zero-order valence-electron chi connectivity index (χ0n) is 17.2. The van der Waals surface area contributed by atoms with E-state index in [9.17, 15) is 9.59 Å². The number of aromatic nitrogens is 2. The molecule has 158 valence electrons. The first-order valence-electron chi connectivity index (χ1n) is 10.5. The molecule has 8 heteroatoms. The standard InChI is InChI=1S/C22H26N4O4/c1-3-25-13-23-15-11-14(5-6-16(15)25)24-20(27)18-17-7-8-22(30-17)12-26(9-4-10-29-2)21(28)19(18)22/h5-8,11,13,17-19H,3-4,9-10,12H2,1-2H3,(H,24,27). The minimum Gasteiger partial charge on any atom is -0.385 e. The first-order valence-corrected chi connectivity index (χ1v) is 10.5. The van der Waals surface area contributed by atoms with E-state index < -0.39 is 17.4 Å². The van der Waals surface area contributed by atoms with E-state index in [1.54, 1.807) is 18.3 Å². The van der Waals surface area contributed by atoms with Crippen LogP contribution < -0.4 is 5.32 Å². The highest BCUT2D eigenvalue weighted by Gasteiger charge is 2.66. The van der Waals surface area contributed by atoms with Crippen molar-refractivity contribution >= 4 is 28.5 Å². The van der Waals surface area contributed by atoms with Gasteiger partial charge in [0.1, 0.15) is 5.60 Å². The van der Waals surface area contributed by atoms with Gasteiger partial charge in [-0.15, -0.1) is 0 Å². The summed E-state index contributed by atoms with van der Waals surface area (Å²) in [4.78, 5) is 32.5. The van der Waals surface area contributed by atoms with Gasteiger partial charge >= 0.3 is 0 Å². The van der Waals surface area contributed by atoms with Crippen molar-refractivity contribution in [3.63, 3.8) is 0 Å². The van der Waals surface area contributed by atoms with E-state index in [0.29, 0.717) is 25.4 Å². The van der Waals surface area contributed by atoms with E-state index in [2.05, 4.69) is 21.8 Å². The third-order valence-electron chi connectivity index (χ3n) is 6.49. The normalized spacial score (nSPS) is 29.2. The highest BCUT2D eigenvalue weighted by atomic mass is 16.5. The number of hydrogen-bond acceptors (Lipinski definition) is 5. The number of benzene rings is 1. The lowest BCUT2D eigenvalue weighted by molar-refractivity contribution is -0.135. The summed E-state index contributed by atoms with van der Waals surface area (Å²) in [5.41, 5.74) is 1.85. The van der Waals surface area contributed by atoms with E-state index in [-0.39, 0.29) is 17.9 Å². The number of methoxy groups -OCH3 is 1. The van der Waals surface area contributed by atoms with Crippen LogP contribution in [-0.2, 0) is 25.6 Å². The van der Waals surface area contributed by atoms with Crippen molar-refractivity contribution in [2.24, 2.45) is 11.8 Å². The Morgan fingerprint density at radius 1 is 1.43 bits per heavy atom. The Hall–Kier alpha value is -2.71. The van der Waals surface area contributed by atoms with Crippen LogP contribution in [-0.4, -0.2) is 64.8 Å². The number of ether oxygens (including phenoxy) is 2. The quantitative estimate of drug-likeness (QED) is 0.556. The van der Waals surface area contributed by atoms with E-state index in [1.165, 1.54) is 0 Å². The van der Waals surface area contributed by atoms with Crippen LogP contribution >= 0.6 is 0 Å². The first-order chi connectivity index (χ1) is 14.6. The van der Waals surface area contributed by atoms with Gasteiger partial charge in [0, 0.05) is 32.5 Å². The molecule has 4 atom stereocenters. The average Bonchev–Trinajstić information content (AvgIpc) is 3.47. The van der Waals surface area contributed by atoms with Crippen LogP contribution in [0.5, 0.6) is 0 Å². The Labute approximate surface area is 174 Å². The molecule has 2 saturated heterocycles. The van der Waals surface area contributed by atoms with E-state index >= 15 is 0 Å². The number of amides is 2. The highest BCUT2D eigenvalue weighted by molar-refractivity contribution is 6.00. The Balaban J connectivity index is 1.35. The molecule has 1 aromatic carbocycles. The summed E-state index contributed by atoms with van der Waals surface area (Å²) in [7, 11) is 1.65. The lowest BCUT2D eigenvalue weighted by Gasteiger charge is -2.23. The summed E-state index contributed by atoms with van der Waals surface area (Å²) in [6.07, 6.45) is 6.11. The number of fused-ring (bicyclic) bond motifs is 2. The second-order valence-corrected chi connectivity index (χ2v) is 8.23. The number of likely N-dealkylation sites (tertiary alicyclic amines) is 1. The van der Waals surface area contributed by atoms with Crippen LogP contribution in [0.2, 0.25) is 0 Å². The van der Waals surface area contributed by atoms with Gasteiger partial charge in [-0.1, -0.05) is 12.2 Å². The van der Waals surface area contributed by atoms with Gasteiger partial charge in [0.25, 0.3) is 0 Å². The van der Waals surface area contributed by atoms with Crippen LogP contribution in [0.3, 0.4) is 0 Å². The smallest absolute Gasteiger partial charge is 0.231 e. The number of anilines is 1. The fourth-order valence-electron chi connectivity index (χ4n) is 5.09. The van der Waals surface area contributed by atoms with Gasteiger partial charge < -0.3 is 24.3 Å². The molecule has 2 amide bonds. The lowest BCUT2D eigenvalue weighted by Crippen LogP contribution is -2.41. The second kappa shape index (κ2) is 7.21. The molecular formula is C22H26N4O4. The van der Waals surface area contributed by atoms with Gasteiger partial charge in [0.2, 0.25) is 11.8 Å². The number of aryl methyl sites for hydroxylation is 1. The molecule has 3 aliphatic rings. The van der Waals surface area contributed by atoms with Gasteiger partial charge in [-0.2, -0.15) is 0 Å². The molecule has 30 heavy (non-hydrogen) atoms. The minimum atomic E-state index is -0.680. The van der Waals surface area contributed by atoms with Crippen molar-refractivity contribution in [3.05, 3.63) is 36.7 Å². The molecule has 0 aliphatic carbocycles. The van der Waals surface area contributed by atoms with Gasteiger partial charge in [0.15, 0.2) is 0 Å². The molecule has 3 aliphatic heterocycles. The van der Waals surface area contributed by atoms with Crippen LogP contribution in [0, 0.1) is 11.8 Å². The SMILES string of the molecule is CCn1cnc2cc(NC(=O)C3C4C=CC5(CN(CCCOC)C(=O)C35)O4)ccc21. The summed E-state index contributed by atoms with van der Waals surface area (Å²) >= 11 is 0. The maximum atomic E-state index is 13.2. The number of carbonyl (C=O) groups excluding carboxylic acids is 2. The van der Waals surface area contributed by atoms with E-state index in [4.69, 9.17) is 9.47 Å². The van der Waals surface area contributed by atoms with Gasteiger partial charge in [0.05, 0.1) is 41.8 Å². The first kappa shape index (κ1) is 19.3. The van der Waals surface area contributed by atoms with Gasteiger partial charge in [-0.25, -0.2) is 4.98 Å². The van der Waals surface area contributed by atoms with E-state index in [1.807, 2.05) is 30.4 Å². The topological polar surface area (TPSA) is 85.7 Å². The zero-order chi connectivity index (χ0) is 20.9. The average molecular weight is 410 g/mol. The predicted octanol–water partition coefficient (Wildman–Crippen LogP) is 1.81. The van der Waals surface area contributed by atoms with Crippen molar-refractivity contribution in [1.82, 2.24) is 14.5 Å². The van der Waals surface area contributed by atoms with Crippen molar-refractivity contribution in [1.29, 1.82) is 0 Å². The third-order valence-corrected chi connectivity index (χ3v) is 6.49. The molecule has 0 saturated carbocycles. The Kier molecular flexibility index (Phi) is 4.63. The predicted molar refractivity (Wildman–Crippen MR) is 111 cm³/mol. The largest absolute Gasteiger partial charge is 0.385 e. The minimum absolute atomic E-state index is 0.00440. The molecule has 5 rings (SSSR count). The number of nitrogens with one attached hydrogen (secondary N) is 1. The lowest BCUT2D eigenvalue weighted by atomic mass is 9.77. The Morgan fingerprint density at radius 3 is 3.10 bits per heavy atom. The molecule has 8 nitrogen and oxygen atoms in total. The summed E-state index contributed by atoms with van der Waals surface area (Å²) in [5.74, 6) is -1.19. The van der Waals surface area contributed by atoms with Gasteiger partial charge in [-0.3, -0.25) is 9.59 Å². The monoisotopic (exact) mass is 410 g/mol. The number of nitrogens with zero attached hydrogens (tertiary/aromatic N) is 3. The zero-order valence-corrected chi connectivity index (χ0v) is 17.2. The van der Waals surface area contributed by atoms with Crippen molar-refractivity contribution in [3.8, 4) is 0 Å². The van der Waals surface area contributed by atoms with Crippen LogP contribution in [0.15, 0.2) is 36.7 Å². The molecule has 1 aromatic heterocycles. The maximum absolute atomic E-state index is 13.2. The van der Waals surface area contributed by atoms with Crippen molar-refractivity contribution < 1.29 is 19.1 Å². The number of hydrogen-bond donors (Lipinski definition) is 1. The Morgan fingerprint density at radius 2 is 2.30 bits per heavy atom. The van der Waals surface area contributed by atoms with Crippen LogP contribution in [0.1, 0.15) is 13.3 Å². The summed E-state index contributed by atoms with van der Waals surface area (Å²) in [6.45, 7) is 4.60. The number of carbonyl (C=O) groups is 2. The molecule has 0 radical (unpaired) electrons. The fraction of sp³-hybridized carbons (Fsp3) is 0.500. The van der Waals surface area contributed by atoms with Crippen LogP contribution in [0.4, 0.5) is 5.69 Å². The summed E-state index contributed by atoms with van der Waals surface area (Å²) < 4.78 is 13.3. The van der Waals surface area contributed by atoms with Gasteiger partial charge in [-0.05, 0) is 31.5 Å². The third kappa shape index (κ3) is 2.86. The fourth-order valence-corrected chi connectivity index (χ4v) is 5.09. The van der Waals surface area contributed by atoms with Crippen molar-refractivity contribution in [2.45, 2.75) is 31.6 Å². The maximum Gasteiger partial charge on any atom is 0.231 e. The number of imidazole rings is 1. The molecule has 4 heterocycles. The number of rotatable bonds is 7. The molecule has 2 aromatic rings. The summed E-state index contributed by atoms with van der Waals surface area (Å²) in [6, 6.07) is 5.70. The molecular weight excluding hydrogens is 384 g/mol. The molecule has 2 fully saturated rings. The molecule has 1 N–H and O–H groups in total. The Bertz CT molecular complexity index is 1030. The van der Waals surface area contributed by atoms with Crippen molar-refractivity contribution in [2.75, 3.05) is 32.1 Å². The van der Waals surface area contributed by atoms with E-state index in [0.717, 1.165) is 24.0 Å². The highest BCUT2D eigenvalue weighted by Crippen LogP contribution is 2.52. The summed E-state index contributed by atoms with van der Waals surface area (Å²) in [5, 5.41) is 2.99.